The summed E-state index contributed by atoms with van der Waals surface area (Å²) in [5.74, 6) is -0.681. The van der Waals surface area contributed by atoms with Crippen molar-refractivity contribution < 1.29 is 14.4 Å². The van der Waals surface area contributed by atoms with Crippen LogP contribution in [0.15, 0.2) is 71.3 Å². The van der Waals surface area contributed by atoms with Crippen molar-refractivity contribution in [3.8, 4) is 0 Å². The van der Waals surface area contributed by atoms with Crippen LogP contribution in [0.25, 0.3) is 0 Å². The summed E-state index contributed by atoms with van der Waals surface area (Å²) in [6.07, 6.45) is 5.17. The highest BCUT2D eigenvalue weighted by Crippen LogP contribution is 2.54. The summed E-state index contributed by atoms with van der Waals surface area (Å²) in [6, 6.07) is 11.4. The molecule has 1 aromatic heterocycles. The Morgan fingerprint density at radius 2 is 1.34 bits per heavy atom. The van der Waals surface area contributed by atoms with Crippen LogP contribution in [0.4, 0.5) is 5.69 Å². The van der Waals surface area contributed by atoms with E-state index in [2.05, 4.69) is 38.1 Å². The zero-order valence-corrected chi connectivity index (χ0v) is 23.1. The number of hydrogen-bond donors (Lipinski definition) is 1. The number of carbonyl (C=O) groups is 3. The van der Waals surface area contributed by atoms with E-state index in [9.17, 15) is 14.4 Å². The molecular weight excluding hydrogens is 476 g/mol. The Bertz CT molecular complexity index is 1310. The number of pyridine rings is 1. The molecule has 0 radical (unpaired) electrons. The number of benzene rings is 1. The molecule has 7 heteroatoms. The molecule has 0 atom stereocenters. The number of aromatic nitrogens is 1. The molecular formula is C31H36N4O3. The van der Waals surface area contributed by atoms with Crippen LogP contribution in [-0.2, 0) is 9.59 Å². The molecule has 2 aliphatic carbocycles. The predicted molar refractivity (Wildman–Crippen MR) is 147 cm³/mol. The van der Waals surface area contributed by atoms with Gasteiger partial charge in [0.25, 0.3) is 5.91 Å². The molecule has 38 heavy (non-hydrogen) atoms. The van der Waals surface area contributed by atoms with Gasteiger partial charge in [-0.15, -0.1) is 0 Å². The van der Waals surface area contributed by atoms with Gasteiger partial charge in [-0.1, -0.05) is 39.8 Å². The third-order valence-electron chi connectivity index (χ3n) is 7.81. The number of rotatable bonds is 4. The number of hydrogen-bond acceptors (Lipinski definition) is 6. The van der Waals surface area contributed by atoms with Crippen molar-refractivity contribution in [2.45, 2.75) is 59.3 Å². The summed E-state index contributed by atoms with van der Waals surface area (Å²) < 4.78 is 0. The third-order valence-corrected chi connectivity index (χ3v) is 7.81. The monoisotopic (exact) mass is 512 g/mol. The van der Waals surface area contributed by atoms with E-state index in [4.69, 9.17) is 0 Å². The lowest BCUT2D eigenvalue weighted by Gasteiger charge is -2.48. The van der Waals surface area contributed by atoms with Crippen molar-refractivity contribution in [2.24, 2.45) is 10.8 Å². The molecule has 2 aromatic rings. The fourth-order valence-electron chi connectivity index (χ4n) is 6.07. The van der Waals surface area contributed by atoms with Crippen molar-refractivity contribution in [1.82, 2.24) is 15.4 Å². The Kier molecular flexibility index (Phi) is 6.28. The minimum absolute atomic E-state index is 0.0327. The van der Waals surface area contributed by atoms with E-state index in [1.165, 1.54) is 0 Å². The molecule has 1 aliphatic heterocycles. The maximum Gasteiger partial charge on any atom is 0.270 e. The minimum atomic E-state index is -0.447. The number of carbonyl (C=O) groups excluding carboxylic acids is 3. The lowest BCUT2D eigenvalue weighted by Crippen LogP contribution is -2.50. The molecule has 198 valence electrons. The lowest BCUT2D eigenvalue weighted by molar-refractivity contribution is -0.119. The van der Waals surface area contributed by atoms with E-state index in [1.807, 2.05) is 43.3 Å². The Balaban J connectivity index is 1.71. The number of allylic oxidation sites excluding steroid dienone is 4. The smallest absolute Gasteiger partial charge is 0.270 e. The molecule has 2 heterocycles. The van der Waals surface area contributed by atoms with Crippen molar-refractivity contribution in [2.75, 3.05) is 19.0 Å². The first-order valence-corrected chi connectivity index (χ1v) is 13.2. The maximum atomic E-state index is 13.9. The number of anilines is 1. The zero-order valence-electron chi connectivity index (χ0n) is 23.1. The topological polar surface area (TPSA) is 82.6 Å². The van der Waals surface area contributed by atoms with Gasteiger partial charge in [0.05, 0.1) is 0 Å². The SMILES string of the molecule is CN(C)c1ccc(C2C3=C(CC(C)(C)CC3=O)N(NC(=O)c3ccncc3)C3=C2C(=O)CC(C)(C)C3)cc1. The molecule has 0 saturated heterocycles. The van der Waals surface area contributed by atoms with E-state index in [0.717, 1.165) is 22.6 Å². The van der Waals surface area contributed by atoms with Crippen LogP contribution in [0, 0.1) is 10.8 Å². The third kappa shape index (κ3) is 4.66. The van der Waals surface area contributed by atoms with Crippen LogP contribution >= 0.6 is 0 Å². The molecule has 0 unspecified atom stereocenters. The van der Waals surface area contributed by atoms with E-state index in [1.54, 1.807) is 29.5 Å². The zero-order chi connectivity index (χ0) is 27.4. The van der Waals surface area contributed by atoms with Crippen molar-refractivity contribution in [3.63, 3.8) is 0 Å². The van der Waals surface area contributed by atoms with Gasteiger partial charge in [-0.2, -0.15) is 0 Å². The second-order valence-corrected chi connectivity index (χ2v) is 12.5. The lowest BCUT2D eigenvalue weighted by atomic mass is 9.64. The number of hydrazine groups is 1. The fourth-order valence-corrected chi connectivity index (χ4v) is 6.07. The van der Waals surface area contributed by atoms with Gasteiger partial charge in [0, 0.05) is 79.0 Å². The van der Waals surface area contributed by atoms with Gasteiger partial charge >= 0.3 is 0 Å². The van der Waals surface area contributed by atoms with Crippen LogP contribution in [0.5, 0.6) is 0 Å². The second kappa shape index (κ2) is 9.22. The van der Waals surface area contributed by atoms with E-state index < -0.39 is 5.92 Å². The first-order valence-electron chi connectivity index (χ1n) is 13.2. The van der Waals surface area contributed by atoms with E-state index in [0.29, 0.717) is 42.4 Å². The summed E-state index contributed by atoms with van der Waals surface area (Å²) in [5.41, 5.74) is 7.81. The molecule has 0 saturated carbocycles. The summed E-state index contributed by atoms with van der Waals surface area (Å²) in [5, 5.41) is 1.79. The van der Waals surface area contributed by atoms with Crippen LogP contribution in [-0.4, -0.2) is 41.6 Å². The van der Waals surface area contributed by atoms with Gasteiger partial charge in [-0.05, 0) is 53.5 Å². The van der Waals surface area contributed by atoms with Crippen LogP contribution in [0.1, 0.15) is 75.2 Å². The van der Waals surface area contributed by atoms with Crippen molar-refractivity contribution >= 4 is 23.2 Å². The standard InChI is InChI=1S/C31H36N4O3/c1-30(2)15-22-27(24(36)17-30)26(19-7-9-21(10-8-19)34(5)6)28-23(16-31(3,4)18-25(28)37)35(22)33-29(38)20-11-13-32-14-12-20/h7-14,26H,15-18H2,1-6H3,(H,33,38). The molecule has 1 N–H and O–H groups in total. The van der Waals surface area contributed by atoms with Crippen molar-refractivity contribution in [3.05, 3.63) is 82.5 Å². The maximum absolute atomic E-state index is 13.9. The number of amides is 1. The highest BCUT2D eigenvalue weighted by Gasteiger charge is 2.49. The van der Waals surface area contributed by atoms with Gasteiger partial charge in [0.1, 0.15) is 0 Å². The fraction of sp³-hybridized carbons (Fsp3) is 0.419. The van der Waals surface area contributed by atoms with Crippen molar-refractivity contribution in [1.29, 1.82) is 0 Å². The quantitative estimate of drug-likeness (QED) is 0.608. The van der Waals surface area contributed by atoms with Crippen LogP contribution in [0.3, 0.4) is 0 Å². The Labute approximate surface area is 224 Å². The molecule has 5 rings (SSSR count). The number of nitrogens with one attached hydrogen (secondary N) is 1. The normalized spacial score (nSPS) is 20.7. The largest absolute Gasteiger partial charge is 0.378 e. The summed E-state index contributed by atoms with van der Waals surface area (Å²) in [4.78, 5) is 47.2. The van der Waals surface area contributed by atoms with Gasteiger partial charge in [-0.3, -0.25) is 29.8 Å². The highest BCUT2D eigenvalue weighted by atomic mass is 16.2. The summed E-state index contributed by atoms with van der Waals surface area (Å²) in [6.45, 7) is 8.33. The molecule has 0 spiro atoms. The van der Waals surface area contributed by atoms with Gasteiger partial charge in [0.15, 0.2) is 11.6 Å². The summed E-state index contributed by atoms with van der Waals surface area (Å²) in [7, 11) is 3.97. The van der Waals surface area contributed by atoms with E-state index >= 15 is 0 Å². The minimum Gasteiger partial charge on any atom is -0.378 e. The molecule has 1 aromatic carbocycles. The number of ketones is 2. The Hall–Kier alpha value is -3.74. The Morgan fingerprint density at radius 3 is 1.82 bits per heavy atom. The number of nitrogens with zero attached hydrogens (tertiary/aromatic N) is 3. The number of Topliss-reactive ketones (excluding diaryl/α,β-unsaturated/α-hetero) is 2. The molecule has 3 aliphatic rings. The van der Waals surface area contributed by atoms with Gasteiger partial charge < -0.3 is 4.90 Å². The van der Waals surface area contributed by atoms with E-state index in [-0.39, 0.29) is 28.3 Å². The van der Waals surface area contributed by atoms with Gasteiger partial charge in [0.2, 0.25) is 0 Å². The first kappa shape index (κ1) is 25.9. The average molecular weight is 513 g/mol. The predicted octanol–water partition coefficient (Wildman–Crippen LogP) is 5.18. The van der Waals surface area contributed by atoms with Crippen LogP contribution in [0.2, 0.25) is 0 Å². The molecule has 1 amide bonds. The summed E-state index contributed by atoms with van der Waals surface area (Å²) >= 11 is 0. The highest BCUT2D eigenvalue weighted by molar-refractivity contribution is 6.07. The van der Waals surface area contributed by atoms with Gasteiger partial charge in [-0.25, -0.2) is 0 Å². The first-order chi connectivity index (χ1) is 17.9. The van der Waals surface area contributed by atoms with Crippen LogP contribution < -0.4 is 10.3 Å². The average Bonchev–Trinajstić information content (AvgIpc) is 2.84. The molecule has 0 bridgehead atoms. The Morgan fingerprint density at radius 1 is 0.842 bits per heavy atom. The molecule has 7 nitrogen and oxygen atoms in total. The second-order valence-electron chi connectivity index (χ2n) is 12.5. The molecule has 0 fully saturated rings.